The number of carbonyl (C=O) groups excluding carboxylic acids is 1. The van der Waals surface area contributed by atoms with E-state index < -0.39 is 10.2 Å². The first-order chi connectivity index (χ1) is 17.2. The Bertz CT molecular complexity index is 1670. The summed E-state index contributed by atoms with van der Waals surface area (Å²) in [5, 5.41) is 5.65. The van der Waals surface area contributed by atoms with Gasteiger partial charge in [-0.3, -0.25) is 23.6 Å². The standard InChI is InChI=1S/C25H26N6O4S/c1-26-36(34,35)31(15-20-7-9-24(32)30(20)3)19-6-4-16-5-8-23-22(25(33)21(16)11-19)10-17(12-27-23)18-13-28-29(2)14-18/h4-6,8,10-14,20,26H,7,9,15H2,1-3H3. The molecule has 0 radical (unpaired) electrons. The van der Waals surface area contributed by atoms with Crippen molar-refractivity contribution >= 4 is 43.5 Å². The van der Waals surface area contributed by atoms with E-state index in [2.05, 4.69) is 14.8 Å². The third-order valence-corrected chi connectivity index (χ3v) is 8.20. The summed E-state index contributed by atoms with van der Waals surface area (Å²) in [4.78, 5) is 31.8. The van der Waals surface area contributed by atoms with Crippen LogP contribution in [0.25, 0.3) is 32.8 Å². The highest BCUT2D eigenvalue weighted by Gasteiger charge is 2.33. The molecule has 186 valence electrons. The maximum Gasteiger partial charge on any atom is 0.301 e. The van der Waals surface area contributed by atoms with E-state index >= 15 is 0 Å². The van der Waals surface area contributed by atoms with Gasteiger partial charge in [-0.15, -0.1) is 0 Å². The predicted octanol–water partition coefficient (Wildman–Crippen LogP) is 2.04. The van der Waals surface area contributed by atoms with Crippen LogP contribution in [0.1, 0.15) is 12.8 Å². The number of aromatic nitrogens is 3. The molecule has 1 saturated heterocycles. The van der Waals surface area contributed by atoms with Gasteiger partial charge in [0.05, 0.1) is 30.0 Å². The monoisotopic (exact) mass is 506 g/mol. The van der Waals surface area contributed by atoms with Crippen molar-refractivity contribution in [2.45, 2.75) is 18.9 Å². The molecule has 2 aromatic heterocycles. The van der Waals surface area contributed by atoms with Gasteiger partial charge in [-0.05, 0) is 36.1 Å². The molecule has 1 aliphatic heterocycles. The Kier molecular flexibility index (Phi) is 5.97. The summed E-state index contributed by atoms with van der Waals surface area (Å²) in [5.74, 6) is -0.0161. The molecular weight excluding hydrogens is 480 g/mol. The van der Waals surface area contributed by atoms with Crippen LogP contribution in [-0.2, 0) is 22.1 Å². The Hall–Kier alpha value is -3.83. The van der Waals surface area contributed by atoms with Crippen LogP contribution >= 0.6 is 0 Å². The third kappa shape index (κ3) is 4.20. The molecule has 2 aromatic carbocycles. The lowest BCUT2D eigenvalue weighted by Gasteiger charge is -2.29. The molecule has 4 aromatic rings. The molecule has 0 aliphatic carbocycles. The molecule has 1 unspecified atom stereocenters. The number of fused-ring (bicyclic) bond motifs is 2. The van der Waals surface area contributed by atoms with Crippen LogP contribution in [0.3, 0.4) is 0 Å². The van der Waals surface area contributed by atoms with E-state index in [1.54, 1.807) is 65.4 Å². The number of carbonyl (C=O) groups is 1. The van der Waals surface area contributed by atoms with Crippen LogP contribution in [0, 0.1) is 0 Å². The van der Waals surface area contributed by atoms with E-state index in [1.165, 1.54) is 11.4 Å². The first-order valence-electron chi connectivity index (χ1n) is 11.5. The lowest BCUT2D eigenvalue weighted by molar-refractivity contribution is -0.127. The van der Waals surface area contributed by atoms with Gasteiger partial charge in [0.2, 0.25) is 5.91 Å². The Balaban J connectivity index is 1.66. The van der Waals surface area contributed by atoms with Crippen LogP contribution in [-0.4, -0.2) is 60.7 Å². The van der Waals surface area contributed by atoms with Crippen molar-refractivity contribution in [1.29, 1.82) is 0 Å². The van der Waals surface area contributed by atoms with Gasteiger partial charge in [-0.1, -0.05) is 12.1 Å². The summed E-state index contributed by atoms with van der Waals surface area (Å²) in [5.41, 5.74) is 2.23. The molecule has 0 saturated carbocycles. The highest BCUT2D eigenvalue weighted by atomic mass is 32.2. The number of benzene rings is 1. The number of likely N-dealkylation sites (N-methyl/N-ethyl adjacent to an activating group) is 1. The number of anilines is 1. The molecule has 1 atom stereocenters. The minimum Gasteiger partial charge on any atom is -0.341 e. The van der Waals surface area contributed by atoms with Crippen molar-refractivity contribution in [2.24, 2.45) is 7.05 Å². The minimum absolute atomic E-state index is 0.0161. The predicted molar refractivity (Wildman–Crippen MR) is 139 cm³/mol. The quantitative estimate of drug-likeness (QED) is 0.428. The van der Waals surface area contributed by atoms with Crippen LogP contribution < -0.4 is 14.5 Å². The molecule has 1 amide bonds. The van der Waals surface area contributed by atoms with Gasteiger partial charge >= 0.3 is 10.2 Å². The number of nitrogens with zero attached hydrogens (tertiary/aromatic N) is 5. The number of hydrogen-bond acceptors (Lipinski definition) is 6. The number of aryl methyl sites for hydroxylation is 1. The smallest absolute Gasteiger partial charge is 0.301 e. The Morgan fingerprint density at radius 3 is 2.50 bits per heavy atom. The third-order valence-electron chi connectivity index (χ3n) is 6.75. The molecule has 0 bridgehead atoms. The zero-order chi connectivity index (χ0) is 25.6. The van der Waals surface area contributed by atoms with Crippen LogP contribution in [0.15, 0.2) is 59.8 Å². The van der Waals surface area contributed by atoms with Crippen LogP contribution in [0.2, 0.25) is 0 Å². The van der Waals surface area contributed by atoms with Gasteiger partial charge in [0.1, 0.15) is 0 Å². The summed E-state index contributed by atoms with van der Waals surface area (Å²) in [7, 11) is 0.933. The van der Waals surface area contributed by atoms with Crippen molar-refractivity contribution in [3.05, 3.63) is 65.2 Å². The van der Waals surface area contributed by atoms with Crippen molar-refractivity contribution in [3.63, 3.8) is 0 Å². The molecular formula is C25H26N6O4S. The van der Waals surface area contributed by atoms with Gasteiger partial charge in [-0.25, -0.2) is 4.72 Å². The number of likely N-dealkylation sites (tertiary alicyclic amines) is 1. The first-order valence-corrected chi connectivity index (χ1v) is 12.9. The number of hydrogen-bond donors (Lipinski definition) is 1. The van der Waals surface area contributed by atoms with Gasteiger partial charge in [0.15, 0.2) is 5.43 Å². The van der Waals surface area contributed by atoms with Crippen molar-refractivity contribution in [3.8, 4) is 11.1 Å². The SMILES string of the molecule is CNS(=O)(=O)N(CC1CCC(=O)N1C)c1ccc2ccc3ncc(-c4cnn(C)c4)cc3c(=O)c2c1. The summed E-state index contributed by atoms with van der Waals surface area (Å²) in [6, 6.07) is 10.1. The van der Waals surface area contributed by atoms with Gasteiger partial charge in [0.25, 0.3) is 0 Å². The van der Waals surface area contributed by atoms with E-state index in [0.717, 1.165) is 11.1 Å². The normalized spacial score (nSPS) is 16.2. The number of pyridine rings is 1. The summed E-state index contributed by atoms with van der Waals surface area (Å²) >= 11 is 0. The number of nitrogens with one attached hydrogen (secondary N) is 1. The van der Waals surface area contributed by atoms with E-state index in [4.69, 9.17) is 0 Å². The lowest BCUT2D eigenvalue weighted by Crippen LogP contribution is -2.46. The highest BCUT2D eigenvalue weighted by Crippen LogP contribution is 2.27. The van der Waals surface area contributed by atoms with Crippen LogP contribution in [0.5, 0.6) is 0 Å². The second-order valence-electron chi connectivity index (χ2n) is 8.93. The fraction of sp³-hybridized carbons (Fsp3) is 0.280. The first kappa shape index (κ1) is 23.9. The molecule has 3 heterocycles. The second kappa shape index (κ2) is 8.99. The maximum atomic E-state index is 13.7. The van der Waals surface area contributed by atoms with Crippen LogP contribution in [0.4, 0.5) is 5.69 Å². The Morgan fingerprint density at radius 2 is 1.83 bits per heavy atom. The maximum absolute atomic E-state index is 13.7. The fourth-order valence-electron chi connectivity index (χ4n) is 4.59. The highest BCUT2D eigenvalue weighted by molar-refractivity contribution is 7.90. The van der Waals surface area contributed by atoms with E-state index in [9.17, 15) is 18.0 Å². The Morgan fingerprint density at radius 1 is 1.06 bits per heavy atom. The molecule has 11 heteroatoms. The minimum atomic E-state index is -3.90. The molecule has 36 heavy (non-hydrogen) atoms. The average molecular weight is 507 g/mol. The van der Waals surface area contributed by atoms with Gasteiger partial charge in [-0.2, -0.15) is 13.5 Å². The Labute approximate surface area is 208 Å². The molecule has 0 spiro atoms. The van der Waals surface area contributed by atoms with E-state index in [1.807, 2.05) is 13.2 Å². The molecule has 1 aliphatic rings. The van der Waals surface area contributed by atoms with E-state index in [0.29, 0.717) is 40.2 Å². The number of rotatable bonds is 6. The van der Waals surface area contributed by atoms with E-state index in [-0.39, 0.29) is 23.9 Å². The van der Waals surface area contributed by atoms with Crippen molar-refractivity contribution in [1.82, 2.24) is 24.4 Å². The fourth-order valence-corrected chi connectivity index (χ4v) is 5.57. The summed E-state index contributed by atoms with van der Waals surface area (Å²) in [6.07, 6.45) is 6.20. The van der Waals surface area contributed by atoms with Gasteiger partial charge in [0, 0.05) is 61.9 Å². The van der Waals surface area contributed by atoms with Crippen molar-refractivity contribution in [2.75, 3.05) is 24.9 Å². The second-order valence-corrected chi connectivity index (χ2v) is 10.7. The zero-order valence-corrected chi connectivity index (χ0v) is 21.0. The molecule has 1 N–H and O–H groups in total. The van der Waals surface area contributed by atoms with Gasteiger partial charge < -0.3 is 4.90 Å². The summed E-state index contributed by atoms with van der Waals surface area (Å²) in [6.45, 7) is 0.0809. The lowest BCUT2D eigenvalue weighted by atomic mass is 10.1. The average Bonchev–Trinajstić information content (AvgIpc) is 3.41. The van der Waals surface area contributed by atoms with Crippen molar-refractivity contribution < 1.29 is 13.2 Å². The molecule has 1 fully saturated rings. The molecule has 5 rings (SSSR count). The molecule has 10 nitrogen and oxygen atoms in total. The zero-order valence-electron chi connectivity index (χ0n) is 20.2. The summed E-state index contributed by atoms with van der Waals surface area (Å²) < 4.78 is 31.2. The number of amides is 1. The topological polar surface area (TPSA) is 118 Å². The largest absolute Gasteiger partial charge is 0.341 e.